The first-order valence-corrected chi connectivity index (χ1v) is 3.88. The quantitative estimate of drug-likeness (QED) is 0.580. The molecule has 1 fully saturated rings. The van der Waals surface area contributed by atoms with Gasteiger partial charge in [0, 0.05) is 98.1 Å². The maximum absolute atomic E-state index is 2.32. The van der Waals surface area contributed by atoms with Crippen LogP contribution < -0.4 is 0 Å². The van der Waals surface area contributed by atoms with Crippen molar-refractivity contribution in [2.24, 2.45) is 5.92 Å². The number of hydrogen-bond acceptors (Lipinski definition) is 1. The Hall–Kier alpha value is 3.66. The maximum atomic E-state index is 2.32. The third kappa shape index (κ3) is 9.75. The summed E-state index contributed by atoms with van der Waals surface area (Å²) in [6.45, 7) is 2.32. The summed E-state index contributed by atoms with van der Waals surface area (Å²) in [7, 11) is 0. The number of rotatable bonds is 0. The molecule has 1 saturated heterocycles. The van der Waals surface area contributed by atoms with Crippen molar-refractivity contribution in [2.75, 3.05) is 5.75 Å². The van der Waals surface area contributed by atoms with E-state index in [2.05, 4.69) is 12.7 Å². The van der Waals surface area contributed by atoms with Crippen molar-refractivity contribution in [1.29, 1.82) is 0 Å². The molecule has 0 N–H and O–H groups in total. The Balaban J connectivity index is -0.000000163. The monoisotopic (exact) mass is 382 g/mol. The van der Waals surface area contributed by atoms with Crippen LogP contribution in [0.2, 0.25) is 0 Å². The zero-order valence-electron chi connectivity index (χ0n) is 6.42. The number of thioether (sulfide) groups is 1. The van der Waals surface area contributed by atoms with Crippen molar-refractivity contribution < 1.29 is 98.1 Å². The molecule has 4 heteroatoms. The van der Waals surface area contributed by atoms with Crippen molar-refractivity contribution in [3.8, 4) is 0 Å². The molecule has 1 unspecified atom stereocenters. The summed E-state index contributed by atoms with van der Waals surface area (Å²) in [6, 6.07) is 0. The summed E-state index contributed by atoms with van der Waals surface area (Å²) in [6.07, 6.45) is 2.73. The zero-order chi connectivity index (χ0) is 5.11. The minimum absolute atomic E-state index is 0. The summed E-state index contributed by atoms with van der Waals surface area (Å²) >= 11 is 1.98. The second-order valence-electron chi connectivity index (χ2n) is 2.18. The fraction of sp³-hybridized carbons (Fsp3) is 0.833. The maximum Gasteiger partial charge on any atom is 0 e. The third-order valence-corrected chi connectivity index (χ3v) is 2.51. The molecule has 0 nitrogen and oxygen atoms in total. The second kappa shape index (κ2) is 12.7. The van der Waals surface area contributed by atoms with Gasteiger partial charge in [0.1, 0.15) is 0 Å². The predicted molar refractivity (Wildman–Crippen MR) is 35.2 cm³/mol. The van der Waals surface area contributed by atoms with Crippen LogP contribution in [0.3, 0.4) is 0 Å². The molecule has 0 aromatic carbocycles. The molecule has 1 heterocycles. The molecular formula is C6H11SY3-. The van der Waals surface area contributed by atoms with Gasteiger partial charge in [-0.3, -0.25) is 5.75 Å². The summed E-state index contributed by atoms with van der Waals surface area (Å²) < 4.78 is 0. The SMILES string of the molecule is CC1CC[CH-]SC1.[Y].[Y].[Y]. The molecule has 51 valence electrons. The first kappa shape index (κ1) is 19.3. The molecule has 0 amide bonds. The second-order valence-corrected chi connectivity index (χ2v) is 3.18. The van der Waals surface area contributed by atoms with E-state index in [0.717, 1.165) is 5.92 Å². The summed E-state index contributed by atoms with van der Waals surface area (Å²) in [4.78, 5) is 0. The minimum Gasteiger partial charge on any atom is -0.351 e. The Morgan fingerprint density at radius 1 is 1.30 bits per heavy atom. The third-order valence-electron chi connectivity index (χ3n) is 1.28. The Morgan fingerprint density at radius 2 is 1.90 bits per heavy atom. The molecule has 10 heavy (non-hydrogen) atoms. The van der Waals surface area contributed by atoms with E-state index in [9.17, 15) is 0 Å². The van der Waals surface area contributed by atoms with Gasteiger partial charge in [0.05, 0.1) is 0 Å². The van der Waals surface area contributed by atoms with Crippen LogP contribution >= 0.6 is 11.8 Å². The molecule has 1 aliphatic rings. The normalized spacial score (nSPS) is 23.1. The Labute approximate surface area is 144 Å². The van der Waals surface area contributed by atoms with Gasteiger partial charge in [-0.05, 0) is 11.7 Å². The van der Waals surface area contributed by atoms with Gasteiger partial charge in [-0.2, -0.15) is 6.42 Å². The molecule has 0 aliphatic carbocycles. The van der Waals surface area contributed by atoms with Gasteiger partial charge >= 0.3 is 0 Å². The summed E-state index contributed by atoms with van der Waals surface area (Å²) in [5.41, 5.74) is 0. The van der Waals surface area contributed by atoms with E-state index < -0.39 is 0 Å². The van der Waals surface area contributed by atoms with Crippen molar-refractivity contribution in [1.82, 2.24) is 0 Å². The first-order valence-electron chi connectivity index (χ1n) is 2.83. The van der Waals surface area contributed by atoms with Gasteiger partial charge in [-0.25, -0.2) is 0 Å². The van der Waals surface area contributed by atoms with Crippen LogP contribution in [0.5, 0.6) is 0 Å². The van der Waals surface area contributed by atoms with Crippen molar-refractivity contribution >= 4 is 11.8 Å². The van der Waals surface area contributed by atoms with Gasteiger partial charge < -0.3 is 11.8 Å². The molecule has 3 radical (unpaired) electrons. The smallest absolute Gasteiger partial charge is 0 e. The van der Waals surface area contributed by atoms with E-state index in [-0.39, 0.29) is 98.1 Å². The Kier molecular flexibility index (Phi) is 24.4. The molecule has 0 saturated carbocycles. The van der Waals surface area contributed by atoms with Crippen LogP contribution in [0.1, 0.15) is 19.8 Å². The molecule has 1 atom stereocenters. The predicted octanol–water partition coefficient (Wildman–Crippen LogP) is 2.30. The molecule has 0 aromatic heterocycles. The van der Waals surface area contributed by atoms with E-state index in [1.165, 1.54) is 18.6 Å². The average Bonchev–Trinajstić information content (AvgIpc) is 1.69. The minimum atomic E-state index is 0. The van der Waals surface area contributed by atoms with E-state index >= 15 is 0 Å². The Morgan fingerprint density at radius 3 is 2.10 bits per heavy atom. The fourth-order valence-corrected chi connectivity index (χ4v) is 1.69. The molecule has 0 bridgehead atoms. The van der Waals surface area contributed by atoms with Crippen LogP contribution in [0.4, 0.5) is 0 Å². The molecule has 1 aliphatic heterocycles. The van der Waals surface area contributed by atoms with Gasteiger partial charge in [0.25, 0.3) is 0 Å². The molecule has 1 rings (SSSR count). The van der Waals surface area contributed by atoms with Crippen molar-refractivity contribution in [3.63, 3.8) is 0 Å². The van der Waals surface area contributed by atoms with Crippen LogP contribution in [-0.2, 0) is 98.1 Å². The van der Waals surface area contributed by atoms with Gasteiger partial charge in [-0.1, -0.05) is 13.3 Å². The van der Waals surface area contributed by atoms with Crippen LogP contribution in [0.15, 0.2) is 0 Å². The standard InChI is InChI=1S/C6H11S.3Y/c1-6-3-2-4-7-5-6;;;/h4,6H,2-3,5H2,1H3;;;/q-1;;;. The Bertz CT molecular complexity index is 55.0. The van der Waals surface area contributed by atoms with Crippen LogP contribution in [-0.4, -0.2) is 5.75 Å². The molecule has 0 spiro atoms. The van der Waals surface area contributed by atoms with Gasteiger partial charge in [0.2, 0.25) is 0 Å². The number of hydrogen-bond donors (Lipinski definition) is 0. The zero-order valence-corrected chi connectivity index (χ0v) is 15.7. The summed E-state index contributed by atoms with van der Waals surface area (Å²) in [5, 5.41) is 0. The molecular weight excluding hydrogens is 371 g/mol. The fourth-order valence-electron chi connectivity index (χ4n) is 0.752. The van der Waals surface area contributed by atoms with E-state index in [4.69, 9.17) is 0 Å². The molecule has 0 aromatic rings. The van der Waals surface area contributed by atoms with E-state index in [1.807, 2.05) is 11.8 Å². The van der Waals surface area contributed by atoms with Crippen LogP contribution in [0.25, 0.3) is 0 Å². The average molecular weight is 382 g/mol. The first-order chi connectivity index (χ1) is 3.39. The van der Waals surface area contributed by atoms with Crippen LogP contribution in [0, 0.1) is 11.7 Å². The summed E-state index contributed by atoms with van der Waals surface area (Å²) in [5.74, 6) is 4.63. The van der Waals surface area contributed by atoms with Crippen molar-refractivity contribution in [2.45, 2.75) is 19.8 Å². The van der Waals surface area contributed by atoms with E-state index in [0.29, 0.717) is 0 Å². The van der Waals surface area contributed by atoms with Gasteiger partial charge in [-0.15, -0.1) is 0 Å². The topological polar surface area (TPSA) is 0 Å². The van der Waals surface area contributed by atoms with E-state index in [1.54, 1.807) is 0 Å². The van der Waals surface area contributed by atoms with Crippen molar-refractivity contribution in [3.05, 3.63) is 5.75 Å². The van der Waals surface area contributed by atoms with Gasteiger partial charge in [0.15, 0.2) is 0 Å². The largest absolute Gasteiger partial charge is 0.351 e.